The van der Waals surface area contributed by atoms with Crippen LogP contribution in [-0.2, 0) is 4.74 Å². The molecule has 0 amide bonds. The number of benzene rings is 1. The summed E-state index contributed by atoms with van der Waals surface area (Å²) in [6.07, 6.45) is 1.68. The van der Waals surface area contributed by atoms with Gasteiger partial charge in [-0.2, -0.15) is 0 Å². The van der Waals surface area contributed by atoms with Gasteiger partial charge in [-0.3, -0.25) is 0 Å². The second kappa shape index (κ2) is 8.51. The lowest BCUT2D eigenvalue weighted by atomic mass is 10.1. The van der Waals surface area contributed by atoms with Crippen LogP contribution in [0.25, 0.3) is 0 Å². The molecule has 0 unspecified atom stereocenters. The van der Waals surface area contributed by atoms with Gasteiger partial charge in [0, 0.05) is 16.6 Å². The van der Waals surface area contributed by atoms with E-state index < -0.39 is 6.10 Å². The molecule has 1 aromatic carbocycles. The highest BCUT2D eigenvalue weighted by atomic mass is 79.9. The molecule has 1 N–H and O–H groups in total. The zero-order valence-electron chi connectivity index (χ0n) is 11.0. The summed E-state index contributed by atoms with van der Waals surface area (Å²) in [5.41, 5.74) is 0.798. The van der Waals surface area contributed by atoms with E-state index in [1.165, 1.54) is 0 Å². The SMILES string of the molecule is CCCCOCCOc1cc(Br)ccc1[C@@H](C)O. The Morgan fingerprint density at radius 3 is 2.72 bits per heavy atom. The second-order valence-corrected chi connectivity index (χ2v) is 5.09. The van der Waals surface area contributed by atoms with Crippen molar-refractivity contribution in [1.82, 2.24) is 0 Å². The third kappa shape index (κ3) is 5.38. The number of aliphatic hydroxyl groups is 1. The van der Waals surface area contributed by atoms with Crippen LogP contribution in [0.4, 0.5) is 0 Å². The monoisotopic (exact) mass is 316 g/mol. The van der Waals surface area contributed by atoms with E-state index in [0.717, 1.165) is 29.5 Å². The van der Waals surface area contributed by atoms with Crippen LogP contribution in [0.2, 0.25) is 0 Å². The van der Waals surface area contributed by atoms with Crippen molar-refractivity contribution in [2.45, 2.75) is 32.8 Å². The van der Waals surface area contributed by atoms with E-state index in [1.807, 2.05) is 18.2 Å². The van der Waals surface area contributed by atoms with Gasteiger partial charge < -0.3 is 14.6 Å². The molecule has 1 aromatic rings. The fourth-order valence-electron chi connectivity index (χ4n) is 1.54. The van der Waals surface area contributed by atoms with Gasteiger partial charge >= 0.3 is 0 Å². The van der Waals surface area contributed by atoms with Crippen LogP contribution >= 0.6 is 15.9 Å². The maximum atomic E-state index is 9.64. The average Bonchev–Trinajstić information content (AvgIpc) is 2.33. The molecule has 0 aliphatic rings. The quantitative estimate of drug-likeness (QED) is 0.743. The van der Waals surface area contributed by atoms with Crippen molar-refractivity contribution < 1.29 is 14.6 Å². The normalized spacial score (nSPS) is 12.4. The third-order valence-corrected chi connectivity index (χ3v) is 3.05. The minimum absolute atomic E-state index is 0.500. The second-order valence-electron chi connectivity index (χ2n) is 4.17. The van der Waals surface area contributed by atoms with E-state index in [1.54, 1.807) is 6.92 Å². The summed E-state index contributed by atoms with van der Waals surface area (Å²) in [5.74, 6) is 0.707. The standard InChI is InChI=1S/C14H21BrO3/c1-3-4-7-17-8-9-18-14-10-12(15)5-6-13(14)11(2)16/h5-6,10-11,16H,3-4,7-9H2,1-2H3/t11-/m1/s1. The van der Waals surface area contributed by atoms with Gasteiger partial charge in [0.05, 0.1) is 12.7 Å². The van der Waals surface area contributed by atoms with Gasteiger partial charge in [0.15, 0.2) is 0 Å². The molecule has 3 nitrogen and oxygen atoms in total. The summed E-state index contributed by atoms with van der Waals surface area (Å²) in [6, 6.07) is 5.63. The number of unbranched alkanes of at least 4 members (excludes halogenated alkanes) is 1. The minimum atomic E-state index is -0.533. The van der Waals surface area contributed by atoms with Gasteiger partial charge in [0.2, 0.25) is 0 Å². The summed E-state index contributed by atoms with van der Waals surface area (Å²) in [4.78, 5) is 0. The van der Waals surface area contributed by atoms with Gasteiger partial charge in [0.1, 0.15) is 12.4 Å². The molecule has 102 valence electrons. The first-order valence-electron chi connectivity index (χ1n) is 6.33. The van der Waals surface area contributed by atoms with Crippen molar-refractivity contribution in [2.24, 2.45) is 0 Å². The lowest BCUT2D eigenvalue weighted by molar-refractivity contribution is 0.0962. The van der Waals surface area contributed by atoms with E-state index in [4.69, 9.17) is 9.47 Å². The lowest BCUT2D eigenvalue weighted by Gasteiger charge is -2.14. The lowest BCUT2D eigenvalue weighted by Crippen LogP contribution is -2.09. The Kier molecular flexibility index (Phi) is 7.32. The van der Waals surface area contributed by atoms with Crippen LogP contribution in [0.3, 0.4) is 0 Å². The van der Waals surface area contributed by atoms with Crippen LogP contribution in [0.15, 0.2) is 22.7 Å². The molecule has 1 rings (SSSR count). The van der Waals surface area contributed by atoms with Crippen molar-refractivity contribution >= 4 is 15.9 Å². The Bertz CT molecular complexity index is 353. The molecule has 0 saturated carbocycles. The third-order valence-electron chi connectivity index (χ3n) is 2.55. The Hall–Kier alpha value is -0.580. The van der Waals surface area contributed by atoms with Crippen molar-refractivity contribution in [3.63, 3.8) is 0 Å². The Labute approximate surface area is 117 Å². The first kappa shape index (κ1) is 15.5. The predicted molar refractivity (Wildman–Crippen MR) is 76.0 cm³/mol. The maximum Gasteiger partial charge on any atom is 0.126 e. The van der Waals surface area contributed by atoms with E-state index in [9.17, 15) is 5.11 Å². The smallest absolute Gasteiger partial charge is 0.126 e. The van der Waals surface area contributed by atoms with Crippen LogP contribution < -0.4 is 4.74 Å². The van der Waals surface area contributed by atoms with E-state index in [0.29, 0.717) is 19.0 Å². The highest BCUT2D eigenvalue weighted by molar-refractivity contribution is 9.10. The number of hydrogen-bond acceptors (Lipinski definition) is 3. The molecule has 0 aliphatic carbocycles. The van der Waals surface area contributed by atoms with Gasteiger partial charge in [-0.15, -0.1) is 0 Å². The predicted octanol–water partition coefficient (Wildman–Crippen LogP) is 3.70. The van der Waals surface area contributed by atoms with Crippen LogP contribution in [0, 0.1) is 0 Å². The van der Waals surface area contributed by atoms with Crippen LogP contribution in [0.1, 0.15) is 38.4 Å². The van der Waals surface area contributed by atoms with Gasteiger partial charge in [-0.05, 0) is 25.5 Å². The maximum absolute atomic E-state index is 9.64. The first-order valence-corrected chi connectivity index (χ1v) is 7.12. The Morgan fingerprint density at radius 2 is 2.06 bits per heavy atom. The van der Waals surface area contributed by atoms with Crippen molar-refractivity contribution in [3.05, 3.63) is 28.2 Å². The summed E-state index contributed by atoms with van der Waals surface area (Å²) in [6.45, 7) is 5.72. The summed E-state index contributed by atoms with van der Waals surface area (Å²) in [7, 11) is 0. The summed E-state index contributed by atoms with van der Waals surface area (Å²) in [5, 5.41) is 9.64. The Balaban J connectivity index is 2.43. The molecule has 4 heteroatoms. The molecular weight excluding hydrogens is 296 g/mol. The molecular formula is C14H21BrO3. The van der Waals surface area contributed by atoms with Crippen LogP contribution in [0.5, 0.6) is 5.75 Å². The summed E-state index contributed by atoms with van der Waals surface area (Å²) >= 11 is 3.40. The van der Waals surface area contributed by atoms with Crippen LogP contribution in [-0.4, -0.2) is 24.9 Å². The molecule has 0 saturated heterocycles. The fraction of sp³-hybridized carbons (Fsp3) is 0.571. The molecule has 0 bridgehead atoms. The first-order chi connectivity index (χ1) is 8.65. The van der Waals surface area contributed by atoms with Crippen molar-refractivity contribution in [1.29, 1.82) is 0 Å². The Morgan fingerprint density at radius 1 is 1.28 bits per heavy atom. The fourth-order valence-corrected chi connectivity index (χ4v) is 1.88. The van der Waals surface area contributed by atoms with Gasteiger partial charge in [0.25, 0.3) is 0 Å². The zero-order chi connectivity index (χ0) is 13.4. The molecule has 0 aliphatic heterocycles. The highest BCUT2D eigenvalue weighted by Crippen LogP contribution is 2.28. The number of rotatable bonds is 8. The van der Waals surface area contributed by atoms with E-state index in [2.05, 4.69) is 22.9 Å². The average molecular weight is 317 g/mol. The molecule has 0 fully saturated rings. The van der Waals surface area contributed by atoms with Gasteiger partial charge in [-0.25, -0.2) is 0 Å². The van der Waals surface area contributed by atoms with Crippen molar-refractivity contribution in [3.8, 4) is 5.75 Å². The summed E-state index contributed by atoms with van der Waals surface area (Å²) < 4.78 is 12.0. The topological polar surface area (TPSA) is 38.7 Å². The molecule has 0 radical (unpaired) electrons. The molecule has 0 aromatic heterocycles. The number of halogens is 1. The number of ether oxygens (including phenoxy) is 2. The van der Waals surface area contributed by atoms with Crippen molar-refractivity contribution in [2.75, 3.05) is 19.8 Å². The highest BCUT2D eigenvalue weighted by Gasteiger charge is 2.09. The molecule has 0 spiro atoms. The number of aliphatic hydroxyl groups excluding tert-OH is 1. The number of hydrogen-bond donors (Lipinski definition) is 1. The molecule has 18 heavy (non-hydrogen) atoms. The zero-order valence-corrected chi connectivity index (χ0v) is 12.6. The minimum Gasteiger partial charge on any atom is -0.491 e. The molecule has 0 heterocycles. The van der Waals surface area contributed by atoms with E-state index in [-0.39, 0.29) is 0 Å². The molecule has 1 atom stereocenters. The largest absolute Gasteiger partial charge is 0.491 e. The van der Waals surface area contributed by atoms with Gasteiger partial charge in [-0.1, -0.05) is 35.3 Å². The van der Waals surface area contributed by atoms with E-state index >= 15 is 0 Å².